The van der Waals surface area contributed by atoms with Gasteiger partial charge < -0.3 is 10.2 Å². The molecule has 0 aliphatic carbocycles. The summed E-state index contributed by atoms with van der Waals surface area (Å²) < 4.78 is 0. The van der Waals surface area contributed by atoms with Crippen molar-refractivity contribution >= 4 is 17.2 Å². The highest BCUT2D eigenvalue weighted by Gasteiger charge is 2.08. The van der Waals surface area contributed by atoms with Crippen molar-refractivity contribution in [1.29, 1.82) is 0 Å². The summed E-state index contributed by atoms with van der Waals surface area (Å²) in [5.74, 6) is 0.199. The molecule has 84 valence electrons. The van der Waals surface area contributed by atoms with Crippen LogP contribution in [0.5, 0.6) is 0 Å². The van der Waals surface area contributed by atoms with Crippen LogP contribution >= 0.6 is 11.3 Å². The lowest BCUT2D eigenvalue weighted by atomic mass is 10.2. The highest BCUT2D eigenvalue weighted by atomic mass is 32.1. The molecule has 1 heterocycles. The van der Waals surface area contributed by atoms with Crippen LogP contribution < -0.4 is 5.32 Å². The van der Waals surface area contributed by atoms with Crippen LogP contribution in [-0.2, 0) is 11.2 Å². The molecule has 15 heavy (non-hydrogen) atoms. The fourth-order valence-electron chi connectivity index (χ4n) is 1.32. The van der Waals surface area contributed by atoms with Crippen molar-refractivity contribution in [2.75, 3.05) is 27.2 Å². The van der Waals surface area contributed by atoms with Gasteiger partial charge in [-0.25, -0.2) is 0 Å². The van der Waals surface area contributed by atoms with E-state index in [1.54, 1.807) is 16.2 Å². The minimum absolute atomic E-state index is 0.199. The third-order valence-electron chi connectivity index (χ3n) is 2.28. The Labute approximate surface area is 95.1 Å². The van der Waals surface area contributed by atoms with Crippen molar-refractivity contribution in [3.63, 3.8) is 0 Å². The maximum absolute atomic E-state index is 11.7. The van der Waals surface area contributed by atoms with Crippen LogP contribution in [-0.4, -0.2) is 38.0 Å². The number of nitrogens with zero attached hydrogens (tertiary/aromatic N) is 1. The third kappa shape index (κ3) is 4.44. The van der Waals surface area contributed by atoms with E-state index in [9.17, 15) is 4.79 Å². The van der Waals surface area contributed by atoms with Gasteiger partial charge in [0.15, 0.2) is 0 Å². The number of hydrogen-bond donors (Lipinski definition) is 1. The van der Waals surface area contributed by atoms with E-state index >= 15 is 0 Å². The average molecular weight is 226 g/mol. The number of nitrogens with one attached hydrogen (secondary N) is 1. The molecule has 0 aromatic carbocycles. The predicted octanol–water partition coefficient (Wildman–Crippen LogP) is 1.36. The molecule has 1 rings (SSSR count). The van der Waals surface area contributed by atoms with Gasteiger partial charge in [0.1, 0.15) is 0 Å². The Morgan fingerprint density at radius 2 is 2.40 bits per heavy atom. The van der Waals surface area contributed by atoms with Crippen LogP contribution in [0.3, 0.4) is 0 Å². The second kappa shape index (κ2) is 6.58. The van der Waals surface area contributed by atoms with Crippen molar-refractivity contribution in [3.8, 4) is 0 Å². The van der Waals surface area contributed by atoms with Gasteiger partial charge in [0.05, 0.1) is 6.42 Å². The fourth-order valence-corrected chi connectivity index (χ4v) is 1.99. The molecular weight excluding hydrogens is 208 g/mol. The highest BCUT2D eigenvalue weighted by molar-refractivity contribution is 7.07. The molecular formula is C11H18N2OS. The zero-order chi connectivity index (χ0) is 11.1. The van der Waals surface area contributed by atoms with Crippen LogP contribution in [0, 0.1) is 0 Å². The van der Waals surface area contributed by atoms with Crippen LogP contribution in [0.2, 0.25) is 0 Å². The highest BCUT2D eigenvalue weighted by Crippen LogP contribution is 2.07. The van der Waals surface area contributed by atoms with Gasteiger partial charge in [-0.2, -0.15) is 11.3 Å². The Morgan fingerprint density at radius 1 is 1.60 bits per heavy atom. The van der Waals surface area contributed by atoms with E-state index in [4.69, 9.17) is 0 Å². The predicted molar refractivity (Wildman–Crippen MR) is 64.2 cm³/mol. The minimum Gasteiger partial charge on any atom is -0.345 e. The second-order valence-corrected chi connectivity index (χ2v) is 4.36. The number of carbonyl (C=O) groups excluding carboxylic acids is 1. The summed E-state index contributed by atoms with van der Waals surface area (Å²) in [5.41, 5.74) is 1.12. The summed E-state index contributed by atoms with van der Waals surface area (Å²) >= 11 is 1.63. The van der Waals surface area contributed by atoms with E-state index in [0.717, 1.165) is 25.1 Å². The first-order valence-electron chi connectivity index (χ1n) is 5.13. The van der Waals surface area contributed by atoms with Gasteiger partial charge in [0, 0.05) is 13.6 Å². The Bertz CT molecular complexity index is 285. The van der Waals surface area contributed by atoms with Crippen LogP contribution in [0.1, 0.15) is 12.0 Å². The molecule has 1 aromatic rings. The standard InChI is InChI=1S/C11H18N2OS/c1-12-5-3-6-13(2)11(14)8-10-4-7-15-9-10/h4,7,9,12H,3,5-6,8H2,1-2H3. The molecule has 0 spiro atoms. The van der Waals surface area contributed by atoms with E-state index in [1.807, 2.05) is 30.9 Å². The van der Waals surface area contributed by atoms with E-state index in [2.05, 4.69) is 5.32 Å². The smallest absolute Gasteiger partial charge is 0.226 e. The fraction of sp³-hybridized carbons (Fsp3) is 0.545. The normalized spacial score (nSPS) is 10.3. The second-order valence-electron chi connectivity index (χ2n) is 3.58. The van der Waals surface area contributed by atoms with E-state index in [0.29, 0.717) is 6.42 Å². The zero-order valence-corrected chi connectivity index (χ0v) is 10.1. The number of carbonyl (C=O) groups is 1. The number of hydrogen-bond acceptors (Lipinski definition) is 3. The molecule has 1 aromatic heterocycles. The van der Waals surface area contributed by atoms with Gasteiger partial charge in [-0.05, 0) is 42.4 Å². The quantitative estimate of drug-likeness (QED) is 0.743. The van der Waals surface area contributed by atoms with Crippen LogP contribution in [0.4, 0.5) is 0 Å². The van der Waals surface area contributed by atoms with E-state index in [1.165, 1.54) is 0 Å². The molecule has 4 heteroatoms. The molecule has 1 N–H and O–H groups in total. The number of likely N-dealkylation sites (N-methyl/N-ethyl adjacent to an activating group) is 1. The molecule has 0 radical (unpaired) electrons. The lowest BCUT2D eigenvalue weighted by Gasteiger charge is -2.16. The Balaban J connectivity index is 2.27. The molecule has 3 nitrogen and oxygen atoms in total. The maximum Gasteiger partial charge on any atom is 0.226 e. The minimum atomic E-state index is 0.199. The van der Waals surface area contributed by atoms with Gasteiger partial charge >= 0.3 is 0 Å². The van der Waals surface area contributed by atoms with Gasteiger partial charge in [-0.1, -0.05) is 0 Å². The monoisotopic (exact) mass is 226 g/mol. The number of rotatable bonds is 6. The van der Waals surface area contributed by atoms with Crippen LogP contribution in [0.15, 0.2) is 16.8 Å². The van der Waals surface area contributed by atoms with E-state index < -0.39 is 0 Å². The molecule has 0 atom stereocenters. The lowest BCUT2D eigenvalue weighted by molar-refractivity contribution is -0.129. The Hall–Kier alpha value is -0.870. The molecule has 0 bridgehead atoms. The summed E-state index contributed by atoms with van der Waals surface area (Å²) in [6.07, 6.45) is 1.53. The maximum atomic E-state index is 11.7. The first kappa shape index (κ1) is 12.2. The van der Waals surface area contributed by atoms with E-state index in [-0.39, 0.29) is 5.91 Å². The lowest BCUT2D eigenvalue weighted by Crippen LogP contribution is -2.30. The molecule has 0 saturated carbocycles. The van der Waals surface area contributed by atoms with Crippen molar-refractivity contribution in [1.82, 2.24) is 10.2 Å². The molecule has 0 unspecified atom stereocenters. The summed E-state index contributed by atoms with van der Waals surface area (Å²) in [6, 6.07) is 2.00. The molecule has 0 aliphatic rings. The molecule has 0 aliphatic heterocycles. The van der Waals surface area contributed by atoms with Crippen molar-refractivity contribution in [2.24, 2.45) is 0 Å². The van der Waals surface area contributed by atoms with Crippen molar-refractivity contribution < 1.29 is 4.79 Å². The molecule has 1 amide bonds. The first-order chi connectivity index (χ1) is 7.24. The third-order valence-corrected chi connectivity index (χ3v) is 3.01. The Morgan fingerprint density at radius 3 is 3.00 bits per heavy atom. The van der Waals surface area contributed by atoms with Crippen molar-refractivity contribution in [3.05, 3.63) is 22.4 Å². The number of thiophene rings is 1. The van der Waals surface area contributed by atoms with Gasteiger partial charge in [0.25, 0.3) is 0 Å². The van der Waals surface area contributed by atoms with Crippen molar-refractivity contribution in [2.45, 2.75) is 12.8 Å². The van der Waals surface area contributed by atoms with Gasteiger partial charge in [-0.15, -0.1) is 0 Å². The molecule has 0 saturated heterocycles. The SMILES string of the molecule is CNCCCN(C)C(=O)Cc1ccsc1. The van der Waals surface area contributed by atoms with Gasteiger partial charge in [0.2, 0.25) is 5.91 Å². The summed E-state index contributed by atoms with van der Waals surface area (Å²) in [7, 11) is 3.79. The Kier molecular flexibility index (Phi) is 5.36. The first-order valence-corrected chi connectivity index (χ1v) is 6.08. The van der Waals surface area contributed by atoms with Crippen LogP contribution in [0.25, 0.3) is 0 Å². The summed E-state index contributed by atoms with van der Waals surface area (Å²) in [4.78, 5) is 13.5. The van der Waals surface area contributed by atoms with Gasteiger partial charge in [-0.3, -0.25) is 4.79 Å². The largest absolute Gasteiger partial charge is 0.345 e. The number of amides is 1. The topological polar surface area (TPSA) is 32.3 Å². The summed E-state index contributed by atoms with van der Waals surface area (Å²) in [5, 5.41) is 7.10. The molecule has 0 fully saturated rings. The zero-order valence-electron chi connectivity index (χ0n) is 9.32. The summed E-state index contributed by atoms with van der Waals surface area (Å²) in [6.45, 7) is 1.78. The average Bonchev–Trinajstić information content (AvgIpc) is 2.70.